The van der Waals surface area contributed by atoms with Crippen molar-refractivity contribution in [2.75, 3.05) is 0 Å². The van der Waals surface area contributed by atoms with Crippen molar-refractivity contribution in [3.63, 3.8) is 0 Å². The molecule has 6 aliphatic rings. The van der Waals surface area contributed by atoms with Gasteiger partial charge in [0.2, 0.25) is 0 Å². The molecule has 6 nitrogen and oxygen atoms in total. The van der Waals surface area contributed by atoms with Crippen LogP contribution in [0.4, 0.5) is 0 Å². The van der Waals surface area contributed by atoms with Crippen molar-refractivity contribution in [3.05, 3.63) is 58.7 Å². The van der Waals surface area contributed by atoms with Gasteiger partial charge in [0, 0.05) is 12.8 Å². The van der Waals surface area contributed by atoms with Crippen molar-refractivity contribution >= 4 is 11.9 Å². The van der Waals surface area contributed by atoms with E-state index in [1.54, 1.807) is 0 Å². The first-order valence-electron chi connectivity index (χ1n) is 18.7. The minimum absolute atomic E-state index is 0.0740. The van der Waals surface area contributed by atoms with Gasteiger partial charge in [0.25, 0.3) is 0 Å². The number of rotatable bonds is 6. The Bertz CT molecular complexity index is 1430. The zero-order valence-electron chi connectivity index (χ0n) is 28.2. The minimum Gasteiger partial charge on any atom is -0.427 e. The summed E-state index contributed by atoms with van der Waals surface area (Å²) in [5.41, 5.74) is 5.55. The van der Waals surface area contributed by atoms with Crippen LogP contribution < -0.4 is 9.47 Å². The van der Waals surface area contributed by atoms with Crippen LogP contribution >= 0.6 is 0 Å². The number of esters is 2. The van der Waals surface area contributed by atoms with E-state index in [2.05, 4.69) is 38.1 Å². The second-order valence-electron chi connectivity index (χ2n) is 16.6. The fourth-order valence-corrected chi connectivity index (χ4v) is 11.9. The zero-order chi connectivity index (χ0) is 32.5. The molecule has 6 aliphatic carbocycles. The second-order valence-corrected chi connectivity index (χ2v) is 16.6. The average molecular weight is 641 g/mol. The maximum atomic E-state index is 12.7. The van der Waals surface area contributed by atoms with Crippen LogP contribution in [0.2, 0.25) is 0 Å². The summed E-state index contributed by atoms with van der Waals surface area (Å²) in [6.07, 6.45) is 13.2. The molecule has 4 fully saturated rings. The molecule has 8 rings (SSSR count). The Morgan fingerprint density at radius 2 is 1.11 bits per heavy atom. The molecule has 0 amide bonds. The van der Waals surface area contributed by atoms with Gasteiger partial charge in [-0.2, -0.15) is 0 Å². The number of carbonyl (C=O) groups is 2. The van der Waals surface area contributed by atoms with E-state index in [-0.39, 0.29) is 47.8 Å². The summed E-state index contributed by atoms with van der Waals surface area (Å²) >= 11 is 0. The number of aliphatic hydroxyl groups is 2. The number of ether oxygens (including phenoxy) is 2. The highest BCUT2D eigenvalue weighted by atomic mass is 16.5. The summed E-state index contributed by atoms with van der Waals surface area (Å²) in [4.78, 5) is 25.4. The molecule has 2 aromatic rings. The number of aryl methyl sites for hydroxylation is 2. The van der Waals surface area contributed by atoms with Crippen molar-refractivity contribution in [1.82, 2.24) is 0 Å². The van der Waals surface area contributed by atoms with Crippen LogP contribution in [0.1, 0.15) is 131 Å². The van der Waals surface area contributed by atoms with Crippen molar-refractivity contribution in [1.29, 1.82) is 0 Å². The molecule has 0 radical (unpaired) electrons. The quantitative estimate of drug-likeness (QED) is 0.247. The van der Waals surface area contributed by atoms with Gasteiger partial charge in [-0.05, 0) is 176 Å². The topological polar surface area (TPSA) is 93.1 Å². The van der Waals surface area contributed by atoms with Gasteiger partial charge in [-0.3, -0.25) is 9.59 Å². The molecule has 0 aliphatic heterocycles. The summed E-state index contributed by atoms with van der Waals surface area (Å²) in [5, 5.41) is 21.3. The van der Waals surface area contributed by atoms with E-state index in [0.717, 1.165) is 77.0 Å². The first-order chi connectivity index (χ1) is 22.6. The zero-order valence-corrected chi connectivity index (χ0v) is 28.2. The number of carbonyl (C=O) groups excluding carboxylic acids is 2. The first-order valence-corrected chi connectivity index (χ1v) is 18.7. The summed E-state index contributed by atoms with van der Waals surface area (Å²) in [6.45, 7) is 4.61. The molecule has 2 N–H and O–H groups in total. The van der Waals surface area contributed by atoms with E-state index in [1.807, 2.05) is 12.1 Å². The van der Waals surface area contributed by atoms with Crippen LogP contribution in [0, 0.1) is 34.5 Å². The molecule has 2 aromatic carbocycles. The Kier molecular flexibility index (Phi) is 8.07. The lowest BCUT2D eigenvalue weighted by atomic mass is 9.55. The van der Waals surface area contributed by atoms with Crippen molar-refractivity contribution < 1.29 is 29.3 Å². The molecule has 6 heteroatoms. The molecular formula is C41H52O6. The number of fused-ring (bicyclic) bond motifs is 10. The van der Waals surface area contributed by atoms with E-state index < -0.39 is 0 Å². The lowest BCUT2D eigenvalue weighted by molar-refractivity contribution is -0.136. The Labute approximate surface area is 279 Å². The number of aliphatic hydroxyl groups excluding tert-OH is 2. The summed E-state index contributed by atoms with van der Waals surface area (Å²) < 4.78 is 11.4. The summed E-state index contributed by atoms with van der Waals surface area (Å²) in [7, 11) is 0. The number of hydrogen-bond donors (Lipinski definition) is 2. The van der Waals surface area contributed by atoms with Gasteiger partial charge in [-0.15, -0.1) is 0 Å². The largest absolute Gasteiger partial charge is 0.427 e. The van der Waals surface area contributed by atoms with Crippen LogP contribution in [-0.4, -0.2) is 34.4 Å². The van der Waals surface area contributed by atoms with Crippen LogP contribution in [-0.2, 0) is 22.4 Å². The third-order valence-corrected chi connectivity index (χ3v) is 14.5. The number of benzene rings is 2. The van der Waals surface area contributed by atoms with Gasteiger partial charge in [0.05, 0.1) is 12.2 Å². The van der Waals surface area contributed by atoms with Crippen molar-refractivity contribution in [2.45, 2.75) is 134 Å². The van der Waals surface area contributed by atoms with Crippen LogP contribution in [0.15, 0.2) is 36.4 Å². The highest BCUT2D eigenvalue weighted by Crippen LogP contribution is 2.62. The Hall–Kier alpha value is -2.70. The Morgan fingerprint density at radius 1 is 0.660 bits per heavy atom. The second kappa shape index (κ2) is 12.0. The molecular weight excluding hydrogens is 588 g/mol. The van der Waals surface area contributed by atoms with E-state index in [9.17, 15) is 19.8 Å². The van der Waals surface area contributed by atoms with Gasteiger partial charge in [0.1, 0.15) is 11.5 Å². The summed E-state index contributed by atoms with van der Waals surface area (Å²) in [5.74, 6) is 4.10. The Balaban J connectivity index is 0.818. The van der Waals surface area contributed by atoms with E-state index in [4.69, 9.17) is 9.47 Å². The van der Waals surface area contributed by atoms with E-state index >= 15 is 0 Å². The first kappa shape index (κ1) is 31.6. The lowest BCUT2D eigenvalue weighted by Crippen LogP contribution is -2.43. The normalized spacial score (nSPS) is 38.2. The smallest absolute Gasteiger partial charge is 0.311 e. The van der Waals surface area contributed by atoms with Gasteiger partial charge in [0.15, 0.2) is 0 Å². The Morgan fingerprint density at radius 3 is 1.55 bits per heavy atom. The third kappa shape index (κ3) is 5.37. The van der Waals surface area contributed by atoms with Crippen molar-refractivity contribution in [3.8, 4) is 11.5 Å². The molecule has 6 unspecified atom stereocenters. The molecule has 0 spiro atoms. The maximum absolute atomic E-state index is 12.7. The van der Waals surface area contributed by atoms with E-state index in [1.165, 1.54) is 22.3 Å². The third-order valence-electron chi connectivity index (χ3n) is 14.5. The molecule has 10 atom stereocenters. The number of hydrogen-bond acceptors (Lipinski definition) is 6. The molecule has 0 saturated heterocycles. The molecule has 0 bridgehead atoms. The van der Waals surface area contributed by atoms with Gasteiger partial charge < -0.3 is 19.7 Å². The van der Waals surface area contributed by atoms with Crippen LogP contribution in [0.25, 0.3) is 0 Å². The molecule has 47 heavy (non-hydrogen) atoms. The minimum atomic E-state index is -0.318. The van der Waals surface area contributed by atoms with Gasteiger partial charge in [-0.25, -0.2) is 0 Å². The molecule has 4 saturated carbocycles. The van der Waals surface area contributed by atoms with Crippen LogP contribution in [0.5, 0.6) is 11.5 Å². The standard InChI is InChI=1S/C41H52O6/c1-40-20-18-30-28-12-8-26(22-24(28)6-10-32(30)34(40)14-16-36(40)42)46-38(44)4-3-5-39(45)47-27-9-13-29-25(23-27)7-11-33-31(29)19-21-41(2)35(33)15-17-37(41)43/h8-9,12-13,22-23,30-37,42-43H,3-7,10-11,14-21H2,1-2H3/t30?,31?,32?,33?,34?,35?,36-,37-,40-,41-/m0/s1. The monoisotopic (exact) mass is 640 g/mol. The van der Waals surface area contributed by atoms with Crippen molar-refractivity contribution in [2.24, 2.45) is 34.5 Å². The fraction of sp³-hybridized carbons (Fsp3) is 0.659. The predicted octanol–water partition coefficient (Wildman–Crippen LogP) is 7.80. The predicted molar refractivity (Wildman–Crippen MR) is 179 cm³/mol. The molecule has 0 heterocycles. The van der Waals surface area contributed by atoms with Gasteiger partial charge >= 0.3 is 11.9 Å². The van der Waals surface area contributed by atoms with Gasteiger partial charge in [-0.1, -0.05) is 26.0 Å². The van der Waals surface area contributed by atoms with E-state index in [0.29, 0.717) is 53.4 Å². The average Bonchev–Trinajstić information content (AvgIpc) is 3.54. The summed E-state index contributed by atoms with van der Waals surface area (Å²) in [6, 6.07) is 12.3. The van der Waals surface area contributed by atoms with Crippen LogP contribution in [0.3, 0.4) is 0 Å². The SMILES string of the molecule is C[C@]12CCC3c4ccc(OC(=O)CCCC(=O)Oc5ccc6c(c5)CCC5C6CC[C@@]6(C)C5CC[C@@H]6O)cc4CCC3C1CC[C@@H]2O. The highest BCUT2D eigenvalue weighted by Gasteiger charge is 2.55. The lowest BCUT2D eigenvalue weighted by Gasteiger charge is -2.50. The maximum Gasteiger partial charge on any atom is 0.311 e. The highest BCUT2D eigenvalue weighted by molar-refractivity contribution is 5.75. The molecule has 252 valence electrons. The molecule has 0 aromatic heterocycles. The fourth-order valence-electron chi connectivity index (χ4n) is 11.9.